The summed E-state index contributed by atoms with van der Waals surface area (Å²) in [5.74, 6) is 2.54. The van der Waals surface area contributed by atoms with Crippen molar-refractivity contribution in [2.75, 3.05) is 46.1 Å². The fraction of sp³-hybridized carbons (Fsp3) is 0.435. The second-order valence-electron chi connectivity index (χ2n) is 7.60. The lowest BCUT2D eigenvalue weighted by Gasteiger charge is -2.34. The summed E-state index contributed by atoms with van der Waals surface area (Å²) in [5, 5.41) is 0. The van der Waals surface area contributed by atoms with E-state index in [9.17, 15) is 4.79 Å². The number of nitrogens with zero attached hydrogens (tertiary/aromatic N) is 2. The molecule has 2 aromatic carbocycles. The van der Waals surface area contributed by atoms with Crippen LogP contribution in [0.15, 0.2) is 42.5 Å². The number of fused-ring (bicyclic) bond motifs is 1. The molecule has 2 heterocycles. The first-order valence-corrected chi connectivity index (χ1v) is 10.3. The molecule has 1 amide bonds. The van der Waals surface area contributed by atoms with Gasteiger partial charge in [-0.05, 0) is 31.0 Å². The first-order valence-electron chi connectivity index (χ1n) is 10.3. The molecule has 0 unspecified atom stereocenters. The Balaban J connectivity index is 1.14. The predicted molar refractivity (Wildman–Crippen MR) is 111 cm³/mol. The van der Waals surface area contributed by atoms with Crippen molar-refractivity contribution in [2.24, 2.45) is 0 Å². The molecule has 1 fully saturated rings. The standard InChI is InChI=1S/C23H28N2O4/c1-18-3-5-19(6-4-18)15-23(26)25-12-10-24(11-13-25)9-2-14-27-20-7-8-21-22(16-20)29-17-28-21/h3-8,16H,2,9-15,17H2,1H3. The van der Waals surface area contributed by atoms with Crippen LogP contribution in [0.2, 0.25) is 0 Å². The minimum absolute atomic E-state index is 0.222. The highest BCUT2D eigenvalue weighted by molar-refractivity contribution is 5.78. The van der Waals surface area contributed by atoms with Crippen LogP contribution in [0.5, 0.6) is 17.2 Å². The molecule has 2 aliphatic heterocycles. The summed E-state index contributed by atoms with van der Waals surface area (Å²) in [6.45, 7) is 7.41. The Hall–Kier alpha value is -2.73. The van der Waals surface area contributed by atoms with Crippen molar-refractivity contribution in [1.29, 1.82) is 0 Å². The van der Waals surface area contributed by atoms with Crippen molar-refractivity contribution in [2.45, 2.75) is 19.8 Å². The van der Waals surface area contributed by atoms with Crippen molar-refractivity contribution in [1.82, 2.24) is 9.80 Å². The molecule has 154 valence electrons. The van der Waals surface area contributed by atoms with Gasteiger partial charge < -0.3 is 19.1 Å². The average molecular weight is 396 g/mol. The monoisotopic (exact) mass is 396 g/mol. The van der Waals surface area contributed by atoms with Gasteiger partial charge in [0.15, 0.2) is 11.5 Å². The van der Waals surface area contributed by atoms with E-state index in [0.29, 0.717) is 13.0 Å². The first kappa shape index (κ1) is 19.6. The van der Waals surface area contributed by atoms with E-state index in [4.69, 9.17) is 14.2 Å². The van der Waals surface area contributed by atoms with Crippen LogP contribution in [0.1, 0.15) is 17.5 Å². The van der Waals surface area contributed by atoms with Crippen LogP contribution in [0.3, 0.4) is 0 Å². The molecule has 0 N–H and O–H groups in total. The third-order valence-electron chi connectivity index (χ3n) is 5.43. The molecule has 6 nitrogen and oxygen atoms in total. The molecule has 1 saturated heterocycles. The average Bonchev–Trinajstić information content (AvgIpc) is 3.21. The fourth-order valence-electron chi connectivity index (χ4n) is 3.66. The molecule has 0 aromatic heterocycles. The topological polar surface area (TPSA) is 51.2 Å². The third-order valence-corrected chi connectivity index (χ3v) is 5.43. The predicted octanol–water partition coefficient (Wildman–Crippen LogP) is 2.88. The smallest absolute Gasteiger partial charge is 0.231 e. The molecule has 4 rings (SSSR count). The van der Waals surface area contributed by atoms with Crippen molar-refractivity contribution < 1.29 is 19.0 Å². The molecular formula is C23H28N2O4. The summed E-state index contributed by atoms with van der Waals surface area (Å²) in [5.41, 5.74) is 2.31. The quantitative estimate of drug-likeness (QED) is 0.674. The van der Waals surface area contributed by atoms with Crippen molar-refractivity contribution in [3.8, 4) is 17.2 Å². The largest absolute Gasteiger partial charge is 0.493 e. The molecule has 0 radical (unpaired) electrons. The number of hydrogen-bond acceptors (Lipinski definition) is 5. The minimum atomic E-state index is 0.222. The molecule has 0 bridgehead atoms. The number of hydrogen-bond donors (Lipinski definition) is 0. The van der Waals surface area contributed by atoms with Gasteiger partial charge in [-0.2, -0.15) is 0 Å². The van der Waals surface area contributed by atoms with Gasteiger partial charge >= 0.3 is 0 Å². The lowest BCUT2D eigenvalue weighted by molar-refractivity contribution is -0.132. The van der Waals surface area contributed by atoms with Crippen molar-refractivity contribution in [3.63, 3.8) is 0 Å². The van der Waals surface area contributed by atoms with Gasteiger partial charge in [0.25, 0.3) is 0 Å². The Bertz CT molecular complexity index is 829. The van der Waals surface area contributed by atoms with Gasteiger partial charge in [-0.15, -0.1) is 0 Å². The molecule has 0 spiro atoms. The summed E-state index contributed by atoms with van der Waals surface area (Å²) in [6.07, 6.45) is 1.44. The number of piperazine rings is 1. The summed E-state index contributed by atoms with van der Waals surface area (Å²) >= 11 is 0. The Labute approximate surface area is 172 Å². The minimum Gasteiger partial charge on any atom is -0.493 e. The first-order chi connectivity index (χ1) is 14.2. The maximum Gasteiger partial charge on any atom is 0.231 e. The number of benzene rings is 2. The number of ether oxygens (including phenoxy) is 3. The SMILES string of the molecule is Cc1ccc(CC(=O)N2CCN(CCCOc3ccc4c(c3)OCO4)CC2)cc1. The van der Waals surface area contributed by atoms with Crippen molar-refractivity contribution >= 4 is 5.91 Å². The van der Waals surface area contributed by atoms with Gasteiger partial charge in [-0.1, -0.05) is 29.8 Å². The zero-order chi connectivity index (χ0) is 20.1. The number of amides is 1. The Morgan fingerprint density at radius 2 is 1.76 bits per heavy atom. The van der Waals surface area contributed by atoms with E-state index >= 15 is 0 Å². The van der Waals surface area contributed by atoms with Gasteiger partial charge in [-0.3, -0.25) is 9.69 Å². The summed E-state index contributed by atoms with van der Waals surface area (Å²) in [6, 6.07) is 13.9. The van der Waals surface area contributed by atoms with Crippen LogP contribution in [0.25, 0.3) is 0 Å². The van der Waals surface area contributed by atoms with Crippen LogP contribution >= 0.6 is 0 Å². The second-order valence-corrected chi connectivity index (χ2v) is 7.60. The third kappa shape index (κ3) is 5.21. The maximum atomic E-state index is 12.5. The Morgan fingerprint density at radius 1 is 1.00 bits per heavy atom. The summed E-state index contributed by atoms with van der Waals surface area (Å²) in [7, 11) is 0. The van der Waals surface area contributed by atoms with Crippen LogP contribution in [-0.2, 0) is 11.2 Å². The normalized spacial score (nSPS) is 16.1. The van der Waals surface area contributed by atoms with Gasteiger partial charge in [0.1, 0.15) is 5.75 Å². The van der Waals surface area contributed by atoms with Crippen LogP contribution in [0.4, 0.5) is 0 Å². The lowest BCUT2D eigenvalue weighted by Crippen LogP contribution is -2.49. The molecule has 0 aliphatic carbocycles. The van der Waals surface area contributed by atoms with Gasteiger partial charge in [0.05, 0.1) is 13.0 Å². The molecule has 29 heavy (non-hydrogen) atoms. The van der Waals surface area contributed by atoms with Gasteiger partial charge in [0, 0.05) is 38.8 Å². The molecule has 2 aliphatic rings. The Kier molecular flexibility index (Phi) is 6.20. The van der Waals surface area contributed by atoms with Gasteiger partial charge in [-0.25, -0.2) is 0 Å². The lowest BCUT2D eigenvalue weighted by atomic mass is 10.1. The number of aryl methyl sites for hydroxylation is 1. The van der Waals surface area contributed by atoms with E-state index in [1.54, 1.807) is 0 Å². The van der Waals surface area contributed by atoms with Crippen LogP contribution in [-0.4, -0.2) is 61.8 Å². The van der Waals surface area contributed by atoms with E-state index in [0.717, 1.165) is 62.0 Å². The number of carbonyl (C=O) groups is 1. The van der Waals surface area contributed by atoms with Crippen LogP contribution in [0, 0.1) is 6.92 Å². The highest BCUT2D eigenvalue weighted by atomic mass is 16.7. The van der Waals surface area contributed by atoms with Crippen LogP contribution < -0.4 is 14.2 Å². The molecular weight excluding hydrogens is 368 g/mol. The molecule has 6 heteroatoms. The number of rotatable bonds is 7. The van der Waals surface area contributed by atoms with Gasteiger partial charge in [0.2, 0.25) is 12.7 Å². The van der Waals surface area contributed by atoms with E-state index in [2.05, 4.69) is 24.0 Å². The Morgan fingerprint density at radius 3 is 2.55 bits per heavy atom. The molecule has 2 aromatic rings. The highest BCUT2D eigenvalue weighted by Gasteiger charge is 2.21. The van der Waals surface area contributed by atoms with E-state index in [1.807, 2.05) is 35.2 Å². The zero-order valence-electron chi connectivity index (χ0n) is 16.9. The highest BCUT2D eigenvalue weighted by Crippen LogP contribution is 2.35. The molecule has 0 saturated carbocycles. The summed E-state index contributed by atoms with van der Waals surface area (Å²) < 4.78 is 16.5. The molecule has 0 atom stereocenters. The van der Waals surface area contributed by atoms with Crippen molar-refractivity contribution in [3.05, 3.63) is 53.6 Å². The van der Waals surface area contributed by atoms with E-state index in [-0.39, 0.29) is 12.7 Å². The fourth-order valence-corrected chi connectivity index (χ4v) is 3.66. The maximum absolute atomic E-state index is 12.5. The summed E-state index contributed by atoms with van der Waals surface area (Å²) in [4.78, 5) is 16.9. The number of carbonyl (C=O) groups excluding carboxylic acids is 1. The zero-order valence-corrected chi connectivity index (χ0v) is 16.9. The van der Waals surface area contributed by atoms with E-state index in [1.165, 1.54) is 5.56 Å². The second kappa shape index (κ2) is 9.18. The van der Waals surface area contributed by atoms with E-state index < -0.39 is 0 Å².